The SMILES string of the molecule is CC(C)Oc1ccc(S(=O)(=O)N2CCC(c3cn(CC=O)c4ccc(-c5ccccc5)cc34)C2)cc1. The van der Waals surface area contributed by atoms with Crippen molar-refractivity contribution < 1.29 is 17.9 Å². The number of benzene rings is 3. The molecule has 2 heterocycles. The van der Waals surface area contributed by atoms with E-state index >= 15 is 0 Å². The van der Waals surface area contributed by atoms with Gasteiger partial charge in [-0.3, -0.25) is 0 Å². The van der Waals surface area contributed by atoms with Crippen molar-refractivity contribution in [1.82, 2.24) is 8.87 Å². The highest BCUT2D eigenvalue weighted by Crippen LogP contribution is 2.37. The van der Waals surface area contributed by atoms with E-state index in [0.29, 0.717) is 18.8 Å². The second kappa shape index (κ2) is 9.91. The number of fused-ring (bicyclic) bond motifs is 1. The number of sulfonamides is 1. The Bertz CT molecular complexity index is 1480. The summed E-state index contributed by atoms with van der Waals surface area (Å²) >= 11 is 0. The quantitative estimate of drug-likeness (QED) is 0.300. The number of carbonyl (C=O) groups excluding carboxylic acids is 1. The highest BCUT2D eigenvalue weighted by atomic mass is 32.2. The van der Waals surface area contributed by atoms with Gasteiger partial charge in [-0.05, 0) is 73.4 Å². The van der Waals surface area contributed by atoms with Crippen LogP contribution >= 0.6 is 0 Å². The number of aromatic nitrogens is 1. The van der Waals surface area contributed by atoms with Crippen LogP contribution in [0.2, 0.25) is 0 Å². The Morgan fingerprint density at radius 3 is 2.44 bits per heavy atom. The van der Waals surface area contributed by atoms with E-state index in [-0.39, 0.29) is 23.5 Å². The zero-order chi connectivity index (χ0) is 25.3. The molecule has 0 spiro atoms. The van der Waals surface area contributed by atoms with Crippen molar-refractivity contribution in [3.8, 4) is 16.9 Å². The van der Waals surface area contributed by atoms with Crippen LogP contribution in [0.1, 0.15) is 31.7 Å². The van der Waals surface area contributed by atoms with Crippen molar-refractivity contribution in [3.63, 3.8) is 0 Å². The Balaban J connectivity index is 1.45. The molecule has 6 nitrogen and oxygen atoms in total. The lowest BCUT2D eigenvalue weighted by atomic mass is 9.95. The second-order valence-electron chi connectivity index (χ2n) is 9.49. The summed E-state index contributed by atoms with van der Waals surface area (Å²) in [6, 6.07) is 23.1. The van der Waals surface area contributed by atoms with E-state index in [2.05, 4.69) is 30.3 Å². The lowest BCUT2D eigenvalue weighted by Crippen LogP contribution is -2.28. The van der Waals surface area contributed by atoms with Crippen molar-refractivity contribution in [2.24, 2.45) is 0 Å². The Morgan fingerprint density at radius 2 is 1.75 bits per heavy atom. The van der Waals surface area contributed by atoms with Gasteiger partial charge in [0.05, 0.1) is 17.5 Å². The fraction of sp³-hybridized carbons (Fsp3) is 0.276. The van der Waals surface area contributed by atoms with Crippen LogP contribution in [-0.4, -0.2) is 42.8 Å². The van der Waals surface area contributed by atoms with Gasteiger partial charge < -0.3 is 14.1 Å². The molecule has 36 heavy (non-hydrogen) atoms. The zero-order valence-electron chi connectivity index (χ0n) is 20.5. The van der Waals surface area contributed by atoms with E-state index in [1.54, 1.807) is 28.6 Å². The van der Waals surface area contributed by atoms with Crippen molar-refractivity contribution >= 4 is 27.2 Å². The number of hydrogen-bond acceptors (Lipinski definition) is 4. The predicted molar refractivity (Wildman–Crippen MR) is 142 cm³/mol. The number of nitrogens with zero attached hydrogens (tertiary/aromatic N) is 2. The van der Waals surface area contributed by atoms with Crippen molar-refractivity contribution in [2.45, 2.75) is 43.7 Å². The van der Waals surface area contributed by atoms with Crippen LogP contribution < -0.4 is 4.74 Å². The van der Waals surface area contributed by atoms with Gasteiger partial charge in [0.15, 0.2) is 0 Å². The average molecular weight is 503 g/mol. The highest BCUT2D eigenvalue weighted by Gasteiger charge is 2.34. The molecule has 1 unspecified atom stereocenters. The molecule has 186 valence electrons. The minimum Gasteiger partial charge on any atom is -0.491 e. The van der Waals surface area contributed by atoms with Crippen molar-refractivity contribution in [3.05, 3.63) is 84.6 Å². The smallest absolute Gasteiger partial charge is 0.243 e. The summed E-state index contributed by atoms with van der Waals surface area (Å²) in [7, 11) is -3.62. The van der Waals surface area contributed by atoms with Gasteiger partial charge in [0.25, 0.3) is 0 Å². The topological polar surface area (TPSA) is 68.6 Å². The van der Waals surface area contributed by atoms with Crippen molar-refractivity contribution in [2.75, 3.05) is 13.1 Å². The number of hydrogen-bond donors (Lipinski definition) is 0. The van der Waals surface area contributed by atoms with Gasteiger partial charge in [-0.25, -0.2) is 8.42 Å². The van der Waals surface area contributed by atoms with Gasteiger partial charge in [-0.15, -0.1) is 0 Å². The van der Waals surface area contributed by atoms with Gasteiger partial charge in [0, 0.05) is 36.1 Å². The second-order valence-corrected chi connectivity index (χ2v) is 11.4. The first-order valence-corrected chi connectivity index (χ1v) is 13.7. The summed E-state index contributed by atoms with van der Waals surface area (Å²) in [5.74, 6) is 0.699. The molecule has 1 aliphatic heterocycles. The third-order valence-corrected chi connectivity index (χ3v) is 8.59. The molecule has 0 bridgehead atoms. The number of rotatable bonds is 8. The molecular weight excluding hydrogens is 472 g/mol. The van der Waals surface area contributed by atoms with Crippen LogP contribution in [-0.2, 0) is 21.4 Å². The summed E-state index contributed by atoms with van der Waals surface area (Å²) in [5.41, 5.74) is 4.29. The lowest BCUT2D eigenvalue weighted by Gasteiger charge is -2.17. The van der Waals surface area contributed by atoms with E-state index in [1.165, 1.54) is 0 Å². The molecule has 0 aliphatic carbocycles. The first-order valence-electron chi connectivity index (χ1n) is 12.3. The summed E-state index contributed by atoms with van der Waals surface area (Å²) in [4.78, 5) is 11.6. The third-order valence-electron chi connectivity index (χ3n) is 6.71. The van der Waals surface area contributed by atoms with Crippen LogP contribution in [0.5, 0.6) is 5.75 Å². The molecule has 1 saturated heterocycles. The Labute approximate surface area is 212 Å². The van der Waals surface area contributed by atoms with Gasteiger partial charge in [-0.2, -0.15) is 4.31 Å². The molecule has 0 saturated carbocycles. The molecule has 3 aromatic carbocycles. The molecular formula is C29H30N2O4S. The summed E-state index contributed by atoms with van der Waals surface area (Å²) in [6.07, 6.45) is 3.67. The first-order chi connectivity index (χ1) is 17.4. The van der Waals surface area contributed by atoms with E-state index in [0.717, 1.165) is 40.3 Å². The molecule has 0 N–H and O–H groups in total. The number of aldehydes is 1. The van der Waals surface area contributed by atoms with Gasteiger partial charge >= 0.3 is 0 Å². The fourth-order valence-corrected chi connectivity index (χ4v) is 6.50. The van der Waals surface area contributed by atoms with E-state index in [4.69, 9.17) is 4.74 Å². The molecule has 7 heteroatoms. The molecule has 1 atom stereocenters. The third kappa shape index (κ3) is 4.68. The first kappa shape index (κ1) is 24.3. The van der Waals surface area contributed by atoms with Crippen molar-refractivity contribution in [1.29, 1.82) is 0 Å². The summed E-state index contributed by atoms with van der Waals surface area (Å²) < 4.78 is 36.0. The standard InChI is InChI=1S/C29H30N2O4S/c1-21(2)35-25-9-11-26(12-10-25)36(33,34)31-15-14-24(19-31)28-20-30(16-17-32)29-13-8-23(18-27(28)29)22-6-4-3-5-7-22/h3-13,17-18,20-21,24H,14-16,19H2,1-2H3. The summed E-state index contributed by atoms with van der Waals surface area (Å²) in [5, 5.41) is 1.07. The Kier molecular flexibility index (Phi) is 6.69. The highest BCUT2D eigenvalue weighted by molar-refractivity contribution is 7.89. The van der Waals surface area contributed by atoms with Gasteiger partial charge in [0.2, 0.25) is 10.0 Å². The molecule has 5 rings (SSSR count). The van der Waals surface area contributed by atoms with Gasteiger partial charge in [0.1, 0.15) is 12.0 Å². The molecule has 1 aromatic heterocycles. The maximum Gasteiger partial charge on any atom is 0.243 e. The monoisotopic (exact) mass is 502 g/mol. The molecule has 1 fully saturated rings. The van der Waals surface area contributed by atoms with E-state index in [9.17, 15) is 13.2 Å². The predicted octanol–water partition coefficient (Wildman–Crippen LogP) is 5.47. The maximum absolute atomic E-state index is 13.4. The van der Waals surface area contributed by atoms with Crippen LogP contribution in [0.15, 0.2) is 83.9 Å². The van der Waals surface area contributed by atoms with E-state index < -0.39 is 10.0 Å². The summed E-state index contributed by atoms with van der Waals surface area (Å²) in [6.45, 7) is 4.99. The number of carbonyl (C=O) groups is 1. The normalized spacial score (nSPS) is 16.6. The largest absolute Gasteiger partial charge is 0.491 e. The lowest BCUT2D eigenvalue weighted by molar-refractivity contribution is -0.108. The minimum absolute atomic E-state index is 0.0237. The van der Waals surface area contributed by atoms with Crippen LogP contribution in [0.4, 0.5) is 0 Å². The zero-order valence-corrected chi connectivity index (χ0v) is 21.3. The van der Waals surface area contributed by atoms with E-state index in [1.807, 2.05) is 42.8 Å². The Morgan fingerprint density at radius 1 is 1.00 bits per heavy atom. The van der Waals surface area contributed by atoms with Crippen LogP contribution in [0.25, 0.3) is 22.0 Å². The maximum atomic E-state index is 13.4. The molecule has 1 aliphatic rings. The Hall–Kier alpha value is -3.42. The number of ether oxygens (including phenoxy) is 1. The minimum atomic E-state index is -3.62. The van der Waals surface area contributed by atoms with Gasteiger partial charge in [-0.1, -0.05) is 36.4 Å². The molecule has 4 aromatic rings. The molecule has 0 radical (unpaired) electrons. The van der Waals surface area contributed by atoms with Crippen LogP contribution in [0, 0.1) is 0 Å². The average Bonchev–Trinajstić information content (AvgIpc) is 3.50. The molecule has 0 amide bonds. The van der Waals surface area contributed by atoms with Crippen LogP contribution in [0.3, 0.4) is 0 Å². The fourth-order valence-electron chi connectivity index (χ4n) is 5.00.